The summed E-state index contributed by atoms with van der Waals surface area (Å²) in [6.07, 6.45) is 0. The summed E-state index contributed by atoms with van der Waals surface area (Å²) < 4.78 is 2.38. The molecule has 0 saturated heterocycles. The summed E-state index contributed by atoms with van der Waals surface area (Å²) in [6, 6.07) is 106. The molecular weight excluding hydrogens is 869 g/mol. The highest BCUT2D eigenvalue weighted by Crippen LogP contribution is 2.42. The zero-order valence-corrected chi connectivity index (χ0v) is 39.6. The smallest absolute Gasteiger partial charge is 0.0541 e. The summed E-state index contributed by atoms with van der Waals surface area (Å²) >= 11 is 0. The van der Waals surface area contributed by atoms with Crippen molar-refractivity contribution >= 4 is 49.6 Å². The maximum Gasteiger partial charge on any atom is 0.0541 e. The van der Waals surface area contributed by atoms with Crippen molar-refractivity contribution in [3.05, 3.63) is 291 Å². The molecule has 2 heteroatoms. The van der Waals surface area contributed by atoms with Crippen molar-refractivity contribution in [2.45, 2.75) is 0 Å². The second kappa shape index (κ2) is 18.4. The summed E-state index contributed by atoms with van der Waals surface area (Å²) in [7, 11) is 0. The van der Waals surface area contributed by atoms with E-state index < -0.39 is 0 Å². The lowest BCUT2D eigenvalue weighted by Crippen LogP contribution is -2.10. The maximum absolute atomic E-state index is 2.39. The van der Waals surface area contributed by atoms with Gasteiger partial charge in [0.15, 0.2) is 0 Å². The molecule has 0 aliphatic rings. The third-order valence-corrected chi connectivity index (χ3v) is 14.2. The first-order chi connectivity index (χ1) is 35.7. The molecule has 0 radical (unpaired) electrons. The minimum atomic E-state index is 1.08. The third-order valence-electron chi connectivity index (χ3n) is 14.2. The van der Waals surface area contributed by atoms with Crippen LogP contribution in [0.25, 0.3) is 105 Å². The van der Waals surface area contributed by atoms with Crippen molar-refractivity contribution in [2.75, 3.05) is 4.90 Å². The molecule has 0 aliphatic carbocycles. The fourth-order valence-electron chi connectivity index (χ4n) is 10.5. The van der Waals surface area contributed by atoms with Gasteiger partial charge in [0.1, 0.15) is 0 Å². The summed E-state index contributed by atoms with van der Waals surface area (Å²) in [6.45, 7) is 0. The maximum atomic E-state index is 2.39. The highest BCUT2D eigenvalue weighted by atomic mass is 15.1. The Labute approximate surface area is 420 Å². The van der Waals surface area contributed by atoms with Crippen LogP contribution in [0.5, 0.6) is 0 Å². The van der Waals surface area contributed by atoms with Gasteiger partial charge in [-0.25, -0.2) is 0 Å². The molecule has 0 atom stereocenters. The Kier molecular flexibility index (Phi) is 10.9. The average Bonchev–Trinajstić information content (AvgIpc) is 3.80. The Morgan fingerprint density at radius 3 is 1.15 bits per heavy atom. The molecular formula is C70H48N2. The highest BCUT2D eigenvalue weighted by molar-refractivity contribution is 6.09. The van der Waals surface area contributed by atoms with E-state index in [0.29, 0.717) is 0 Å². The molecule has 0 bridgehead atoms. The summed E-state index contributed by atoms with van der Waals surface area (Å²) in [5.74, 6) is 0. The van der Waals surface area contributed by atoms with Gasteiger partial charge < -0.3 is 9.47 Å². The number of para-hydroxylation sites is 2. The Bertz CT molecular complexity index is 3950. The molecule has 2 nitrogen and oxygen atoms in total. The SMILES string of the molecule is c1ccc(-c2cc(-c3ccccc3)cc(N(c3ccc(-c4ccc(-c5cccc(-n6c7ccccc7c7ccccc76)c5)cc4)cc3)c3ccc(-c4cccc(-c5ccc6ccccc6c5)c4)cc3)c2)cc1. The minimum Gasteiger partial charge on any atom is -0.310 e. The van der Waals surface area contributed by atoms with E-state index >= 15 is 0 Å². The monoisotopic (exact) mass is 916 g/mol. The lowest BCUT2D eigenvalue weighted by molar-refractivity contribution is 1.18. The molecule has 0 amide bonds. The average molecular weight is 917 g/mol. The molecule has 13 aromatic rings. The van der Waals surface area contributed by atoms with Crippen LogP contribution < -0.4 is 4.90 Å². The van der Waals surface area contributed by atoms with Crippen LogP contribution in [-0.2, 0) is 0 Å². The van der Waals surface area contributed by atoms with Crippen molar-refractivity contribution in [1.29, 1.82) is 0 Å². The normalized spacial score (nSPS) is 11.3. The van der Waals surface area contributed by atoms with Crippen molar-refractivity contribution in [3.8, 4) is 72.4 Å². The van der Waals surface area contributed by atoms with E-state index in [1.165, 1.54) is 82.6 Å². The van der Waals surface area contributed by atoms with E-state index in [9.17, 15) is 0 Å². The van der Waals surface area contributed by atoms with E-state index in [4.69, 9.17) is 0 Å². The molecule has 12 aromatic carbocycles. The van der Waals surface area contributed by atoms with Gasteiger partial charge in [0.25, 0.3) is 0 Å². The van der Waals surface area contributed by atoms with Gasteiger partial charge in [-0.15, -0.1) is 0 Å². The number of rotatable bonds is 10. The van der Waals surface area contributed by atoms with Crippen LogP contribution in [0.15, 0.2) is 291 Å². The lowest BCUT2D eigenvalue weighted by Gasteiger charge is -2.27. The minimum absolute atomic E-state index is 1.08. The predicted molar refractivity (Wildman–Crippen MR) is 306 cm³/mol. The van der Waals surface area contributed by atoms with Crippen LogP contribution in [0.4, 0.5) is 17.1 Å². The van der Waals surface area contributed by atoms with Crippen molar-refractivity contribution in [2.24, 2.45) is 0 Å². The lowest BCUT2D eigenvalue weighted by atomic mass is 9.96. The largest absolute Gasteiger partial charge is 0.310 e. The summed E-state index contributed by atoms with van der Waals surface area (Å²) in [5, 5.41) is 5.03. The van der Waals surface area contributed by atoms with Gasteiger partial charge in [0, 0.05) is 33.5 Å². The number of benzene rings is 12. The number of aromatic nitrogens is 1. The molecule has 1 aromatic heterocycles. The van der Waals surface area contributed by atoms with Crippen molar-refractivity contribution in [3.63, 3.8) is 0 Å². The van der Waals surface area contributed by atoms with Gasteiger partial charge in [-0.3, -0.25) is 0 Å². The van der Waals surface area contributed by atoms with E-state index in [0.717, 1.165) is 39.4 Å². The second-order valence-corrected chi connectivity index (χ2v) is 18.6. The van der Waals surface area contributed by atoms with Crippen LogP contribution >= 0.6 is 0 Å². The number of hydrogen-bond acceptors (Lipinski definition) is 1. The number of anilines is 3. The highest BCUT2D eigenvalue weighted by Gasteiger charge is 2.18. The molecule has 0 fully saturated rings. The number of hydrogen-bond donors (Lipinski definition) is 0. The van der Waals surface area contributed by atoms with Crippen LogP contribution in [0.2, 0.25) is 0 Å². The van der Waals surface area contributed by atoms with E-state index in [1.54, 1.807) is 0 Å². The zero-order chi connectivity index (χ0) is 47.8. The zero-order valence-electron chi connectivity index (χ0n) is 39.6. The van der Waals surface area contributed by atoms with Gasteiger partial charge in [-0.1, -0.05) is 212 Å². The Hall–Kier alpha value is -9.50. The van der Waals surface area contributed by atoms with Gasteiger partial charge in [-0.05, 0) is 156 Å². The predicted octanol–water partition coefficient (Wildman–Crippen LogP) is 19.4. The molecule has 0 spiro atoms. The van der Waals surface area contributed by atoms with Crippen LogP contribution in [0.1, 0.15) is 0 Å². The number of nitrogens with zero attached hydrogens (tertiary/aromatic N) is 2. The quantitative estimate of drug-likeness (QED) is 0.133. The van der Waals surface area contributed by atoms with Gasteiger partial charge in [0.2, 0.25) is 0 Å². The Balaban J connectivity index is 0.852. The van der Waals surface area contributed by atoms with Crippen LogP contribution in [-0.4, -0.2) is 4.57 Å². The molecule has 0 unspecified atom stereocenters. The Morgan fingerprint density at radius 1 is 0.208 bits per heavy atom. The van der Waals surface area contributed by atoms with E-state index in [2.05, 4.69) is 301 Å². The molecule has 1 heterocycles. The van der Waals surface area contributed by atoms with E-state index in [-0.39, 0.29) is 0 Å². The first-order valence-corrected chi connectivity index (χ1v) is 24.7. The van der Waals surface area contributed by atoms with Crippen LogP contribution in [0.3, 0.4) is 0 Å². The summed E-state index contributed by atoms with van der Waals surface area (Å²) in [5.41, 5.74) is 21.0. The molecule has 338 valence electrons. The van der Waals surface area contributed by atoms with Gasteiger partial charge in [-0.2, -0.15) is 0 Å². The molecule has 0 N–H and O–H groups in total. The van der Waals surface area contributed by atoms with Gasteiger partial charge >= 0.3 is 0 Å². The summed E-state index contributed by atoms with van der Waals surface area (Å²) in [4.78, 5) is 2.39. The van der Waals surface area contributed by atoms with Crippen molar-refractivity contribution < 1.29 is 0 Å². The first kappa shape index (κ1) is 42.6. The van der Waals surface area contributed by atoms with Crippen molar-refractivity contribution in [1.82, 2.24) is 4.57 Å². The molecule has 72 heavy (non-hydrogen) atoms. The number of fused-ring (bicyclic) bond motifs is 4. The fraction of sp³-hybridized carbons (Fsp3) is 0. The molecule has 0 saturated carbocycles. The third kappa shape index (κ3) is 8.11. The fourth-order valence-corrected chi connectivity index (χ4v) is 10.5. The standard InChI is InChI=1S/C70H48N2/c1-3-15-49(16-4-1)61-45-62(50-17-5-2-6-18-50)48-66(47-61)71(64-41-37-55(38-42-64)57-21-13-22-58(43-57)60-34-33-51-19-7-8-20-56(51)44-60)63-39-35-53(36-40-63)52-29-31-54(32-30-52)59-23-14-24-65(46-59)72-69-27-11-9-25-67(69)68-26-10-12-28-70(68)72/h1-48H. The second-order valence-electron chi connectivity index (χ2n) is 18.6. The first-order valence-electron chi connectivity index (χ1n) is 24.7. The molecule has 0 aliphatic heterocycles. The van der Waals surface area contributed by atoms with Gasteiger partial charge in [0.05, 0.1) is 11.0 Å². The molecule has 13 rings (SSSR count). The van der Waals surface area contributed by atoms with E-state index in [1.807, 2.05) is 0 Å². The van der Waals surface area contributed by atoms with Crippen LogP contribution in [0, 0.1) is 0 Å². The Morgan fingerprint density at radius 2 is 0.583 bits per heavy atom. The topological polar surface area (TPSA) is 8.17 Å².